The van der Waals surface area contributed by atoms with Crippen LogP contribution in [0, 0.1) is 6.92 Å². The molecular weight excluding hydrogens is 312 g/mol. The number of benzene rings is 2. The minimum absolute atomic E-state index is 0.583. The third-order valence-electron chi connectivity index (χ3n) is 3.81. The average Bonchev–Trinajstić information content (AvgIpc) is 2.63. The smallest absolute Gasteiger partial charge is 0.229 e. The Morgan fingerprint density at radius 2 is 1.88 bits per heavy atom. The van der Waals surface area contributed by atoms with Crippen molar-refractivity contribution in [3.8, 4) is 5.75 Å². The molecule has 25 heavy (non-hydrogen) atoms. The fourth-order valence-electron chi connectivity index (χ4n) is 2.50. The van der Waals surface area contributed by atoms with Gasteiger partial charge in [0.05, 0.1) is 7.11 Å². The second-order valence-corrected chi connectivity index (χ2v) is 5.78. The SMILES string of the molecule is COc1ccc(CCNc2ccnc(Nc3cccc(C)c3)n2)cc1. The number of rotatable bonds is 7. The summed E-state index contributed by atoms with van der Waals surface area (Å²) in [4.78, 5) is 8.78. The number of nitrogens with one attached hydrogen (secondary N) is 2. The molecular formula is C20H22N4O. The van der Waals surface area contributed by atoms with Crippen LogP contribution in [0.3, 0.4) is 0 Å². The van der Waals surface area contributed by atoms with E-state index in [0.29, 0.717) is 5.95 Å². The molecule has 0 saturated heterocycles. The van der Waals surface area contributed by atoms with Gasteiger partial charge in [-0.05, 0) is 54.8 Å². The first-order chi connectivity index (χ1) is 12.2. The fraction of sp³-hybridized carbons (Fsp3) is 0.200. The van der Waals surface area contributed by atoms with Gasteiger partial charge in [0.1, 0.15) is 11.6 Å². The molecule has 0 atom stereocenters. The predicted octanol–water partition coefficient (Wildman–Crippen LogP) is 4.19. The molecule has 0 spiro atoms. The molecule has 1 heterocycles. The quantitative estimate of drug-likeness (QED) is 0.678. The lowest BCUT2D eigenvalue weighted by Gasteiger charge is -2.09. The molecule has 5 nitrogen and oxygen atoms in total. The molecule has 128 valence electrons. The Bertz CT molecular complexity index is 818. The summed E-state index contributed by atoms with van der Waals surface area (Å²) in [7, 11) is 1.67. The molecule has 0 unspecified atom stereocenters. The van der Waals surface area contributed by atoms with Crippen LogP contribution in [0.15, 0.2) is 60.8 Å². The van der Waals surface area contributed by atoms with E-state index in [1.54, 1.807) is 13.3 Å². The zero-order valence-electron chi connectivity index (χ0n) is 14.5. The second-order valence-electron chi connectivity index (χ2n) is 5.78. The van der Waals surface area contributed by atoms with Crippen LogP contribution in [-0.4, -0.2) is 23.6 Å². The van der Waals surface area contributed by atoms with Gasteiger partial charge in [0, 0.05) is 18.4 Å². The van der Waals surface area contributed by atoms with E-state index in [9.17, 15) is 0 Å². The van der Waals surface area contributed by atoms with E-state index in [0.717, 1.165) is 30.2 Å². The minimum atomic E-state index is 0.583. The van der Waals surface area contributed by atoms with Crippen LogP contribution in [0.2, 0.25) is 0 Å². The largest absolute Gasteiger partial charge is 0.497 e. The molecule has 0 bridgehead atoms. The normalized spacial score (nSPS) is 10.3. The Balaban J connectivity index is 1.56. The number of hydrogen-bond donors (Lipinski definition) is 2. The molecule has 5 heteroatoms. The molecule has 0 radical (unpaired) electrons. The van der Waals surface area contributed by atoms with E-state index in [4.69, 9.17) is 4.74 Å². The highest BCUT2D eigenvalue weighted by Gasteiger charge is 2.01. The van der Waals surface area contributed by atoms with Crippen molar-refractivity contribution < 1.29 is 4.74 Å². The lowest BCUT2D eigenvalue weighted by Crippen LogP contribution is -2.07. The third kappa shape index (κ3) is 4.94. The Hall–Kier alpha value is -3.08. The van der Waals surface area contributed by atoms with Crippen LogP contribution >= 0.6 is 0 Å². The lowest BCUT2D eigenvalue weighted by molar-refractivity contribution is 0.414. The monoisotopic (exact) mass is 334 g/mol. The van der Waals surface area contributed by atoms with Gasteiger partial charge in [0.2, 0.25) is 5.95 Å². The van der Waals surface area contributed by atoms with Crippen LogP contribution in [0.1, 0.15) is 11.1 Å². The van der Waals surface area contributed by atoms with Crippen LogP contribution in [0.25, 0.3) is 0 Å². The van der Waals surface area contributed by atoms with Crippen molar-refractivity contribution in [1.82, 2.24) is 9.97 Å². The van der Waals surface area contributed by atoms with E-state index in [2.05, 4.69) is 51.8 Å². The van der Waals surface area contributed by atoms with E-state index in [1.165, 1.54) is 11.1 Å². The van der Waals surface area contributed by atoms with Crippen LogP contribution in [0.4, 0.5) is 17.5 Å². The average molecular weight is 334 g/mol. The van der Waals surface area contributed by atoms with Crippen molar-refractivity contribution in [3.63, 3.8) is 0 Å². The van der Waals surface area contributed by atoms with Crippen LogP contribution < -0.4 is 15.4 Å². The molecule has 3 aromatic rings. The molecule has 2 N–H and O–H groups in total. The number of aryl methyl sites for hydroxylation is 1. The van der Waals surface area contributed by atoms with Gasteiger partial charge < -0.3 is 15.4 Å². The number of hydrogen-bond acceptors (Lipinski definition) is 5. The molecule has 1 aromatic heterocycles. The molecule has 2 aromatic carbocycles. The first-order valence-corrected chi connectivity index (χ1v) is 8.26. The topological polar surface area (TPSA) is 59.1 Å². The van der Waals surface area contributed by atoms with Gasteiger partial charge in [-0.25, -0.2) is 4.98 Å². The van der Waals surface area contributed by atoms with Crippen molar-refractivity contribution in [2.75, 3.05) is 24.3 Å². The molecule has 0 fully saturated rings. The Labute approximate surface area is 148 Å². The lowest BCUT2D eigenvalue weighted by atomic mass is 10.1. The maximum absolute atomic E-state index is 5.17. The zero-order chi connectivity index (χ0) is 17.5. The van der Waals surface area contributed by atoms with Gasteiger partial charge in [0.25, 0.3) is 0 Å². The maximum atomic E-state index is 5.17. The molecule has 0 aliphatic heterocycles. The van der Waals surface area contributed by atoms with Crippen molar-refractivity contribution >= 4 is 17.5 Å². The van der Waals surface area contributed by atoms with Crippen LogP contribution in [0.5, 0.6) is 5.75 Å². The minimum Gasteiger partial charge on any atom is -0.497 e. The summed E-state index contributed by atoms with van der Waals surface area (Å²) in [6.45, 7) is 2.86. The van der Waals surface area contributed by atoms with Crippen LogP contribution in [-0.2, 0) is 6.42 Å². The van der Waals surface area contributed by atoms with E-state index in [-0.39, 0.29) is 0 Å². The summed E-state index contributed by atoms with van der Waals surface area (Å²) >= 11 is 0. The number of anilines is 3. The van der Waals surface area contributed by atoms with Gasteiger partial charge in [-0.1, -0.05) is 24.3 Å². The highest BCUT2D eigenvalue weighted by molar-refractivity contribution is 5.55. The highest BCUT2D eigenvalue weighted by Crippen LogP contribution is 2.16. The number of ether oxygens (including phenoxy) is 1. The second kappa shape index (κ2) is 8.15. The van der Waals surface area contributed by atoms with Gasteiger partial charge in [-0.3, -0.25) is 0 Å². The van der Waals surface area contributed by atoms with Gasteiger partial charge >= 0.3 is 0 Å². The summed E-state index contributed by atoms with van der Waals surface area (Å²) in [5.41, 5.74) is 3.43. The van der Waals surface area contributed by atoms with Crippen molar-refractivity contribution in [2.45, 2.75) is 13.3 Å². The number of aromatic nitrogens is 2. The van der Waals surface area contributed by atoms with Crippen molar-refractivity contribution in [1.29, 1.82) is 0 Å². The molecule has 0 saturated carbocycles. The molecule has 0 aliphatic carbocycles. The number of nitrogens with zero attached hydrogens (tertiary/aromatic N) is 2. The zero-order valence-corrected chi connectivity index (χ0v) is 14.5. The fourth-order valence-corrected chi connectivity index (χ4v) is 2.50. The summed E-state index contributed by atoms with van der Waals surface area (Å²) < 4.78 is 5.17. The Morgan fingerprint density at radius 3 is 2.64 bits per heavy atom. The molecule has 3 rings (SSSR count). The van der Waals surface area contributed by atoms with E-state index < -0.39 is 0 Å². The molecule has 0 amide bonds. The Morgan fingerprint density at radius 1 is 1.04 bits per heavy atom. The molecule has 0 aliphatic rings. The first kappa shape index (κ1) is 16.8. The van der Waals surface area contributed by atoms with Crippen molar-refractivity contribution in [2.24, 2.45) is 0 Å². The summed E-state index contributed by atoms with van der Waals surface area (Å²) in [5, 5.41) is 6.57. The summed E-state index contributed by atoms with van der Waals surface area (Å²) in [5.74, 6) is 2.26. The van der Waals surface area contributed by atoms with Crippen molar-refractivity contribution in [3.05, 3.63) is 71.9 Å². The highest BCUT2D eigenvalue weighted by atomic mass is 16.5. The maximum Gasteiger partial charge on any atom is 0.229 e. The standard InChI is InChI=1S/C20H22N4O/c1-15-4-3-5-17(14-15)23-20-22-13-11-19(24-20)21-12-10-16-6-8-18(25-2)9-7-16/h3-9,11,13-14H,10,12H2,1-2H3,(H2,21,22,23,24). The summed E-state index contributed by atoms with van der Waals surface area (Å²) in [6.07, 6.45) is 2.66. The van der Waals surface area contributed by atoms with E-state index >= 15 is 0 Å². The summed E-state index contributed by atoms with van der Waals surface area (Å²) in [6, 6.07) is 18.1. The third-order valence-corrected chi connectivity index (χ3v) is 3.81. The van der Waals surface area contributed by atoms with Gasteiger partial charge in [-0.15, -0.1) is 0 Å². The number of methoxy groups -OCH3 is 1. The Kier molecular flexibility index (Phi) is 5.46. The predicted molar refractivity (Wildman–Crippen MR) is 102 cm³/mol. The van der Waals surface area contributed by atoms with E-state index in [1.807, 2.05) is 30.3 Å². The van der Waals surface area contributed by atoms with Gasteiger partial charge in [-0.2, -0.15) is 4.98 Å². The van der Waals surface area contributed by atoms with Gasteiger partial charge in [0.15, 0.2) is 0 Å². The first-order valence-electron chi connectivity index (χ1n) is 8.26.